The lowest BCUT2D eigenvalue weighted by atomic mass is 10.1. The Morgan fingerprint density at radius 3 is 2.77 bits per heavy atom. The van der Waals surface area contributed by atoms with Crippen LogP contribution < -0.4 is 5.32 Å². The number of amides is 3. The second-order valence-corrected chi connectivity index (χ2v) is 6.55. The third-order valence-corrected chi connectivity index (χ3v) is 4.73. The fraction of sp³-hybridized carbons (Fsp3) is 0.353. The van der Waals surface area contributed by atoms with Crippen molar-refractivity contribution in [3.05, 3.63) is 46.5 Å². The van der Waals surface area contributed by atoms with Crippen LogP contribution in [0.5, 0.6) is 0 Å². The van der Waals surface area contributed by atoms with Crippen LogP contribution in [-0.2, 0) is 16.0 Å². The lowest BCUT2D eigenvalue weighted by molar-refractivity contribution is -0.126. The molecule has 1 aromatic carbocycles. The molecule has 1 aliphatic heterocycles. The maximum Gasteiger partial charge on any atom is 0.417 e. The topological polar surface area (TPSA) is 101 Å². The zero-order valence-corrected chi connectivity index (χ0v) is 15.0. The van der Waals surface area contributed by atoms with Gasteiger partial charge in [-0.3, -0.25) is 9.59 Å². The maximum atomic E-state index is 12.7. The lowest BCUT2D eigenvalue weighted by Gasteiger charge is -2.22. The molecular formula is C17H18N4O4S. The average Bonchev–Trinajstić information content (AvgIpc) is 3.23. The molecule has 1 aliphatic rings. The van der Waals surface area contributed by atoms with Gasteiger partial charge in [0.15, 0.2) is 6.61 Å². The Morgan fingerprint density at radius 1 is 1.35 bits per heavy atom. The van der Waals surface area contributed by atoms with Crippen LogP contribution in [0.4, 0.5) is 4.79 Å². The molecule has 1 N–H and O–H groups in total. The summed E-state index contributed by atoms with van der Waals surface area (Å²) in [6, 6.07) is 8.60. The Morgan fingerprint density at radius 2 is 2.12 bits per heavy atom. The first kappa shape index (κ1) is 18.0. The van der Waals surface area contributed by atoms with Crippen LogP contribution in [-0.4, -0.2) is 45.5 Å². The summed E-state index contributed by atoms with van der Waals surface area (Å²) in [5.41, 5.74) is 1.43. The third-order valence-electron chi connectivity index (χ3n) is 3.96. The van der Waals surface area contributed by atoms with Gasteiger partial charge in [0.1, 0.15) is 4.88 Å². The van der Waals surface area contributed by atoms with Crippen molar-refractivity contribution in [1.82, 2.24) is 19.8 Å². The van der Waals surface area contributed by atoms with E-state index in [1.807, 2.05) is 37.3 Å². The number of ether oxygens (including phenoxy) is 1. The quantitative estimate of drug-likeness (QED) is 0.795. The molecule has 3 amide bonds. The zero-order chi connectivity index (χ0) is 18.5. The van der Waals surface area contributed by atoms with Gasteiger partial charge in [0.25, 0.3) is 11.8 Å². The van der Waals surface area contributed by atoms with E-state index in [0.29, 0.717) is 17.0 Å². The number of hydrogen-bond donors (Lipinski definition) is 1. The largest absolute Gasteiger partial charge is 0.439 e. The number of aromatic nitrogens is 2. The summed E-state index contributed by atoms with van der Waals surface area (Å²) in [5.74, 6) is -0.742. The number of rotatable bonds is 7. The highest BCUT2D eigenvalue weighted by atomic mass is 32.1. The summed E-state index contributed by atoms with van der Waals surface area (Å²) in [6.07, 6.45) is 0.810. The molecule has 0 bridgehead atoms. The van der Waals surface area contributed by atoms with E-state index in [4.69, 9.17) is 4.74 Å². The molecule has 0 radical (unpaired) electrons. The van der Waals surface area contributed by atoms with E-state index in [1.54, 1.807) is 0 Å². The molecule has 9 heteroatoms. The minimum atomic E-state index is -0.698. The summed E-state index contributed by atoms with van der Waals surface area (Å²) in [4.78, 5) is 37.8. The molecule has 2 heterocycles. The standard InChI is InChI=1S/C17H18N4O4S/c1-2-6-12-15(26-20-19-12)16(23)18-13(11-7-4-3-5-8-11)9-21-14(22)10-25-17(21)24/h3-5,7-8,13H,2,6,9-10H2,1H3,(H,18,23). The highest BCUT2D eigenvalue weighted by Gasteiger charge is 2.34. The maximum absolute atomic E-state index is 12.7. The average molecular weight is 374 g/mol. The number of nitrogens with one attached hydrogen (secondary N) is 1. The van der Waals surface area contributed by atoms with Crippen molar-refractivity contribution < 1.29 is 19.1 Å². The fourth-order valence-corrected chi connectivity index (χ4v) is 3.28. The van der Waals surface area contributed by atoms with Crippen LogP contribution in [0.3, 0.4) is 0 Å². The van der Waals surface area contributed by atoms with Gasteiger partial charge in [0.05, 0.1) is 18.3 Å². The predicted octanol–water partition coefficient (Wildman–Crippen LogP) is 1.94. The first-order valence-corrected chi connectivity index (χ1v) is 9.01. The summed E-state index contributed by atoms with van der Waals surface area (Å²) in [5, 5.41) is 6.90. The van der Waals surface area contributed by atoms with Crippen LogP contribution in [0.25, 0.3) is 0 Å². The van der Waals surface area contributed by atoms with Gasteiger partial charge in [-0.2, -0.15) is 0 Å². The molecule has 1 fully saturated rings. The molecule has 8 nitrogen and oxygen atoms in total. The molecule has 1 saturated heterocycles. The van der Waals surface area contributed by atoms with E-state index in [-0.39, 0.29) is 19.1 Å². The molecule has 1 aromatic heterocycles. The predicted molar refractivity (Wildman–Crippen MR) is 93.6 cm³/mol. The van der Waals surface area contributed by atoms with E-state index < -0.39 is 18.0 Å². The summed E-state index contributed by atoms with van der Waals surface area (Å²) >= 11 is 1.03. The molecule has 0 aliphatic carbocycles. The van der Waals surface area contributed by atoms with Gasteiger partial charge in [-0.05, 0) is 23.5 Å². The first-order valence-electron chi connectivity index (χ1n) is 8.24. The van der Waals surface area contributed by atoms with E-state index in [1.165, 1.54) is 0 Å². The molecule has 0 saturated carbocycles. The molecule has 3 rings (SSSR count). The highest BCUT2D eigenvalue weighted by molar-refractivity contribution is 7.08. The van der Waals surface area contributed by atoms with Crippen LogP contribution in [0, 0.1) is 0 Å². The number of hydrogen-bond acceptors (Lipinski definition) is 7. The monoisotopic (exact) mass is 374 g/mol. The van der Waals surface area contributed by atoms with Crippen LogP contribution in [0.15, 0.2) is 30.3 Å². The van der Waals surface area contributed by atoms with Gasteiger partial charge in [0.2, 0.25) is 0 Å². The van der Waals surface area contributed by atoms with Gasteiger partial charge >= 0.3 is 6.09 Å². The number of carbonyl (C=O) groups is 3. The van der Waals surface area contributed by atoms with E-state index in [9.17, 15) is 14.4 Å². The van der Waals surface area contributed by atoms with E-state index in [0.717, 1.165) is 28.4 Å². The van der Waals surface area contributed by atoms with Gasteiger partial charge in [-0.1, -0.05) is 48.2 Å². The van der Waals surface area contributed by atoms with Crippen LogP contribution in [0.1, 0.15) is 40.3 Å². The van der Waals surface area contributed by atoms with Crippen molar-refractivity contribution in [2.24, 2.45) is 0 Å². The second-order valence-electron chi connectivity index (χ2n) is 5.79. The fourth-order valence-electron chi connectivity index (χ4n) is 2.67. The van der Waals surface area contributed by atoms with Crippen molar-refractivity contribution in [3.8, 4) is 0 Å². The highest BCUT2D eigenvalue weighted by Crippen LogP contribution is 2.20. The first-order chi connectivity index (χ1) is 12.6. The smallest absolute Gasteiger partial charge is 0.417 e. The summed E-state index contributed by atoms with van der Waals surface area (Å²) < 4.78 is 8.61. The van der Waals surface area contributed by atoms with Gasteiger partial charge in [-0.25, -0.2) is 9.69 Å². The minimum Gasteiger partial charge on any atom is -0.439 e. The second kappa shape index (κ2) is 8.05. The molecule has 0 spiro atoms. The molecule has 1 unspecified atom stereocenters. The number of nitrogens with zero attached hydrogens (tertiary/aromatic N) is 3. The Bertz CT molecular complexity index is 792. The molecular weight excluding hydrogens is 356 g/mol. The number of benzene rings is 1. The Hall–Kier alpha value is -2.81. The van der Waals surface area contributed by atoms with Crippen LogP contribution in [0.2, 0.25) is 0 Å². The zero-order valence-electron chi connectivity index (χ0n) is 14.2. The van der Waals surface area contributed by atoms with Gasteiger partial charge in [0, 0.05) is 0 Å². The van der Waals surface area contributed by atoms with Crippen molar-refractivity contribution in [2.45, 2.75) is 25.8 Å². The van der Waals surface area contributed by atoms with Crippen molar-refractivity contribution in [3.63, 3.8) is 0 Å². The van der Waals surface area contributed by atoms with Gasteiger partial charge < -0.3 is 10.1 Å². The molecule has 1 atom stereocenters. The van der Waals surface area contributed by atoms with Crippen molar-refractivity contribution >= 4 is 29.4 Å². The molecule has 2 aromatic rings. The minimum absolute atomic E-state index is 0.00274. The number of cyclic esters (lactones) is 1. The Balaban J connectivity index is 1.81. The van der Waals surface area contributed by atoms with E-state index >= 15 is 0 Å². The third kappa shape index (κ3) is 3.88. The summed E-state index contributed by atoms with van der Waals surface area (Å²) in [7, 11) is 0. The van der Waals surface area contributed by atoms with Gasteiger partial charge in [-0.15, -0.1) is 5.10 Å². The molecule has 136 valence electrons. The molecule has 26 heavy (non-hydrogen) atoms. The van der Waals surface area contributed by atoms with Crippen molar-refractivity contribution in [1.29, 1.82) is 0 Å². The SMILES string of the molecule is CCCc1nnsc1C(=O)NC(CN1C(=O)COC1=O)c1ccccc1. The Labute approximate surface area is 154 Å². The normalized spacial score (nSPS) is 15.0. The number of aryl methyl sites for hydroxylation is 1. The lowest BCUT2D eigenvalue weighted by Crippen LogP contribution is -2.40. The summed E-state index contributed by atoms with van der Waals surface area (Å²) in [6.45, 7) is 1.73. The van der Waals surface area contributed by atoms with E-state index in [2.05, 4.69) is 14.9 Å². The number of imide groups is 1. The number of carbonyl (C=O) groups excluding carboxylic acids is 3. The van der Waals surface area contributed by atoms with Crippen molar-refractivity contribution in [2.75, 3.05) is 13.2 Å². The van der Waals surface area contributed by atoms with Crippen LogP contribution >= 0.6 is 11.5 Å². The Kier molecular flexibility index (Phi) is 5.57.